The average molecular weight is 200 g/mol. The second-order valence-corrected chi connectivity index (χ2v) is 4.13. The highest BCUT2D eigenvalue weighted by molar-refractivity contribution is 5.58. The average Bonchev–Trinajstić information content (AvgIpc) is 2.90. The van der Waals surface area contributed by atoms with E-state index in [1.54, 1.807) is 6.20 Å². The molecule has 2 bridgehead atoms. The third-order valence-electron chi connectivity index (χ3n) is 3.26. The number of piperazine rings is 1. The van der Waals surface area contributed by atoms with Crippen molar-refractivity contribution >= 4 is 5.69 Å². The highest BCUT2D eigenvalue weighted by atomic mass is 15.3. The summed E-state index contributed by atoms with van der Waals surface area (Å²) in [6, 6.07) is 7.20. The van der Waals surface area contributed by atoms with Crippen molar-refractivity contribution in [2.75, 3.05) is 18.0 Å². The summed E-state index contributed by atoms with van der Waals surface area (Å²) in [5, 5.41) is 12.4. The van der Waals surface area contributed by atoms with Crippen molar-refractivity contribution < 1.29 is 0 Å². The predicted molar refractivity (Wildman–Crippen MR) is 56.5 cm³/mol. The number of aromatic nitrogens is 1. The molecule has 15 heavy (non-hydrogen) atoms. The lowest BCUT2D eigenvalue weighted by atomic mass is 10.2. The number of rotatable bonds is 1. The van der Waals surface area contributed by atoms with E-state index in [0.717, 1.165) is 18.8 Å². The van der Waals surface area contributed by atoms with Gasteiger partial charge in [0, 0.05) is 31.4 Å². The van der Waals surface area contributed by atoms with Gasteiger partial charge in [-0.1, -0.05) is 0 Å². The fourth-order valence-electron chi connectivity index (χ4n) is 2.57. The van der Waals surface area contributed by atoms with Crippen molar-refractivity contribution in [3.05, 3.63) is 24.0 Å². The van der Waals surface area contributed by atoms with Gasteiger partial charge in [-0.05, 0) is 18.6 Å². The molecule has 2 saturated heterocycles. The molecule has 0 saturated carbocycles. The molecular formula is C11H12N4. The molecule has 3 rings (SSSR count). The highest BCUT2D eigenvalue weighted by Crippen LogP contribution is 2.30. The van der Waals surface area contributed by atoms with Crippen LogP contribution in [0.3, 0.4) is 0 Å². The van der Waals surface area contributed by atoms with Gasteiger partial charge in [-0.25, -0.2) is 4.98 Å². The molecule has 2 atom stereocenters. The van der Waals surface area contributed by atoms with Crippen molar-refractivity contribution in [2.24, 2.45) is 0 Å². The summed E-state index contributed by atoms with van der Waals surface area (Å²) < 4.78 is 0. The molecule has 76 valence electrons. The van der Waals surface area contributed by atoms with E-state index < -0.39 is 0 Å². The van der Waals surface area contributed by atoms with E-state index in [-0.39, 0.29) is 0 Å². The van der Waals surface area contributed by atoms with Crippen molar-refractivity contribution in [3.63, 3.8) is 0 Å². The van der Waals surface area contributed by atoms with Gasteiger partial charge in [-0.3, -0.25) is 0 Å². The van der Waals surface area contributed by atoms with Crippen molar-refractivity contribution in [1.82, 2.24) is 10.3 Å². The number of pyridine rings is 1. The first kappa shape index (κ1) is 8.69. The molecule has 1 aromatic rings. The number of anilines is 1. The van der Waals surface area contributed by atoms with Crippen LogP contribution in [0.2, 0.25) is 0 Å². The van der Waals surface area contributed by atoms with Gasteiger partial charge in [0.05, 0.1) is 5.69 Å². The molecule has 4 nitrogen and oxygen atoms in total. The molecule has 0 amide bonds. The summed E-state index contributed by atoms with van der Waals surface area (Å²) in [5.74, 6) is 0. The maximum absolute atomic E-state index is 8.99. The lowest BCUT2D eigenvalue weighted by Crippen LogP contribution is -2.44. The van der Waals surface area contributed by atoms with Crippen LogP contribution in [0, 0.1) is 11.3 Å². The monoisotopic (exact) mass is 200 g/mol. The van der Waals surface area contributed by atoms with E-state index in [2.05, 4.69) is 21.3 Å². The molecule has 2 fully saturated rings. The SMILES string of the molecule is N#Cc1ncccc1N1C[C@@H]2C[C@H]1CN2. The largest absolute Gasteiger partial charge is 0.363 e. The van der Waals surface area contributed by atoms with Crippen LogP contribution in [0.5, 0.6) is 0 Å². The van der Waals surface area contributed by atoms with E-state index in [4.69, 9.17) is 5.26 Å². The van der Waals surface area contributed by atoms with Crippen LogP contribution in [0.15, 0.2) is 18.3 Å². The summed E-state index contributed by atoms with van der Waals surface area (Å²) in [7, 11) is 0. The van der Waals surface area contributed by atoms with E-state index >= 15 is 0 Å². The molecule has 2 aliphatic rings. The van der Waals surface area contributed by atoms with Crippen molar-refractivity contribution in [3.8, 4) is 6.07 Å². The van der Waals surface area contributed by atoms with Crippen molar-refractivity contribution in [2.45, 2.75) is 18.5 Å². The lowest BCUT2D eigenvalue weighted by Gasteiger charge is -2.29. The fourth-order valence-corrected chi connectivity index (χ4v) is 2.57. The molecule has 1 N–H and O–H groups in total. The Kier molecular flexibility index (Phi) is 1.86. The topological polar surface area (TPSA) is 52.0 Å². The van der Waals surface area contributed by atoms with Gasteiger partial charge in [-0.15, -0.1) is 0 Å². The van der Waals surface area contributed by atoms with Gasteiger partial charge in [0.15, 0.2) is 5.69 Å². The Bertz CT molecular complexity index is 423. The standard InChI is InChI=1S/C11H12N4/c12-5-10-11(2-1-3-13-10)15-7-8-4-9(15)6-14-8/h1-3,8-9,14H,4,6-7H2/t8-,9-/m0/s1. The summed E-state index contributed by atoms with van der Waals surface area (Å²) in [6.07, 6.45) is 2.87. The van der Waals surface area contributed by atoms with Gasteiger partial charge in [-0.2, -0.15) is 5.26 Å². The molecule has 0 spiro atoms. The number of nitriles is 1. The molecule has 0 aromatic carbocycles. The van der Waals surface area contributed by atoms with Crippen LogP contribution < -0.4 is 10.2 Å². The minimum absolute atomic E-state index is 0.546. The second kappa shape index (κ2) is 3.21. The number of hydrogen-bond donors (Lipinski definition) is 1. The van der Waals surface area contributed by atoms with E-state index in [9.17, 15) is 0 Å². The Balaban J connectivity index is 1.97. The van der Waals surface area contributed by atoms with Crippen LogP contribution in [0.1, 0.15) is 12.1 Å². The zero-order valence-corrected chi connectivity index (χ0v) is 8.35. The normalized spacial score (nSPS) is 28.1. The molecule has 4 heteroatoms. The van der Waals surface area contributed by atoms with Gasteiger partial charge < -0.3 is 10.2 Å². The molecular weight excluding hydrogens is 188 g/mol. The number of nitrogens with zero attached hydrogens (tertiary/aromatic N) is 3. The third-order valence-corrected chi connectivity index (χ3v) is 3.26. The summed E-state index contributed by atoms with van der Waals surface area (Å²) in [5.41, 5.74) is 1.54. The number of fused-ring (bicyclic) bond motifs is 2. The van der Waals surface area contributed by atoms with E-state index in [1.807, 2.05) is 12.1 Å². The Morgan fingerprint density at radius 3 is 3.20 bits per heavy atom. The molecule has 0 aliphatic carbocycles. The van der Waals surface area contributed by atoms with Gasteiger partial charge >= 0.3 is 0 Å². The molecule has 0 unspecified atom stereocenters. The second-order valence-electron chi connectivity index (χ2n) is 4.13. The van der Waals surface area contributed by atoms with Gasteiger partial charge in [0.2, 0.25) is 0 Å². The zero-order chi connectivity index (χ0) is 10.3. The Morgan fingerprint density at radius 1 is 1.60 bits per heavy atom. The van der Waals surface area contributed by atoms with Gasteiger partial charge in [0.25, 0.3) is 0 Å². The Morgan fingerprint density at radius 2 is 2.53 bits per heavy atom. The zero-order valence-electron chi connectivity index (χ0n) is 8.35. The first-order chi connectivity index (χ1) is 7.38. The summed E-state index contributed by atoms with van der Waals surface area (Å²) in [6.45, 7) is 2.04. The van der Waals surface area contributed by atoms with E-state index in [0.29, 0.717) is 17.8 Å². The first-order valence-corrected chi connectivity index (χ1v) is 5.23. The van der Waals surface area contributed by atoms with Crippen LogP contribution in [-0.4, -0.2) is 30.2 Å². The van der Waals surface area contributed by atoms with Gasteiger partial charge in [0.1, 0.15) is 6.07 Å². The Hall–Kier alpha value is -1.60. The lowest BCUT2D eigenvalue weighted by molar-refractivity contribution is 0.579. The number of nitrogens with one attached hydrogen (secondary N) is 1. The van der Waals surface area contributed by atoms with Crippen molar-refractivity contribution in [1.29, 1.82) is 5.26 Å². The molecule has 3 heterocycles. The summed E-state index contributed by atoms with van der Waals surface area (Å²) in [4.78, 5) is 6.41. The van der Waals surface area contributed by atoms with Crippen LogP contribution in [0.4, 0.5) is 5.69 Å². The Labute approximate surface area is 88.5 Å². The maximum atomic E-state index is 8.99. The first-order valence-electron chi connectivity index (χ1n) is 5.23. The minimum Gasteiger partial charge on any atom is -0.363 e. The number of hydrogen-bond acceptors (Lipinski definition) is 4. The predicted octanol–water partition coefficient (Wildman–Crippen LogP) is 0.504. The van der Waals surface area contributed by atoms with E-state index in [1.165, 1.54) is 6.42 Å². The molecule has 0 radical (unpaired) electrons. The van der Waals surface area contributed by atoms with Crippen LogP contribution in [-0.2, 0) is 0 Å². The molecule has 1 aromatic heterocycles. The van der Waals surface area contributed by atoms with Crippen LogP contribution >= 0.6 is 0 Å². The fraction of sp³-hybridized carbons (Fsp3) is 0.455. The molecule has 2 aliphatic heterocycles. The van der Waals surface area contributed by atoms with Crippen LogP contribution in [0.25, 0.3) is 0 Å². The smallest absolute Gasteiger partial charge is 0.163 e. The third kappa shape index (κ3) is 1.28. The summed E-state index contributed by atoms with van der Waals surface area (Å²) >= 11 is 0. The minimum atomic E-state index is 0.546. The quantitative estimate of drug-likeness (QED) is 0.717. The maximum Gasteiger partial charge on any atom is 0.163 e. The highest BCUT2D eigenvalue weighted by Gasteiger charge is 2.38.